The molecule has 0 saturated carbocycles. The smallest absolute Gasteiger partial charge is 0.102 e. The molecule has 2 aliphatic heterocycles. The van der Waals surface area contributed by atoms with Gasteiger partial charge in [-0.05, 0) is 77.0 Å². The molecule has 4 aromatic carbocycles. The molecule has 2 N–H and O–H groups in total. The van der Waals surface area contributed by atoms with Crippen LogP contribution in [0.2, 0.25) is 0 Å². The van der Waals surface area contributed by atoms with Gasteiger partial charge in [0.05, 0.1) is 39.0 Å². The Morgan fingerprint density at radius 2 is 0.961 bits per heavy atom. The molecule has 51 heavy (non-hydrogen) atoms. The van der Waals surface area contributed by atoms with Crippen molar-refractivity contribution >= 4 is 68.4 Å². The fraction of sp³-hybridized carbons (Fsp3) is 0. The zero-order valence-corrected chi connectivity index (χ0v) is 28.2. The van der Waals surface area contributed by atoms with Crippen LogP contribution in [-0.4, -0.2) is 25.1 Å². The van der Waals surface area contributed by atoms with Crippen molar-refractivity contribution in [3.8, 4) is 22.3 Å². The Labute approximate surface area is 300 Å². The van der Waals surface area contributed by atoms with Crippen LogP contribution in [0, 0.1) is 0 Å². The van der Waals surface area contributed by atoms with E-state index in [2.05, 4.69) is 129 Å². The van der Waals surface area contributed by atoms with Gasteiger partial charge < -0.3 is 9.97 Å². The average molecular weight is 672 g/mol. The molecule has 7 aromatic rings. The van der Waals surface area contributed by atoms with Crippen LogP contribution < -0.4 is 0 Å². The minimum atomic E-state index is 0.601. The van der Waals surface area contributed by atoms with E-state index in [0.717, 1.165) is 83.7 Å². The van der Waals surface area contributed by atoms with E-state index in [9.17, 15) is 0 Å². The van der Waals surface area contributed by atoms with Crippen LogP contribution in [0.3, 0.4) is 0 Å². The first kappa shape index (κ1) is 30.3. The Kier molecular flexibility index (Phi) is 7.71. The normalized spacial score (nSPS) is 12.2. The lowest BCUT2D eigenvalue weighted by molar-refractivity contribution is 1.29. The number of thiocarbonyl (C=S) groups is 1. The van der Waals surface area contributed by atoms with Gasteiger partial charge in [-0.3, -0.25) is 0 Å². The number of hydrogen-bond donors (Lipinski definition) is 2. The Hall–Kier alpha value is -6.72. The quantitative estimate of drug-likeness (QED) is 0.141. The van der Waals surface area contributed by atoms with Crippen LogP contribution in [0.25, 0.3) is 67.6 Å². The lowest BCUT2D eigenvalue weighted by Crippen LogP contribution is -1.86. The molecular formula is C45H29N5S. The maximum atomic E-state index is 5.26. The summed E-state index contributed by atoms with van der Waals surface area (Å²) < 4.78 is 0. The van der Waals surface area contributed by atoms with Gasteiger partial charge in [-0.1, -0.05) is 121 Å². The van der Waals surface area contributed by atoms with Gasteiger partial charge in [0.25, 0.3) is 0 Å². The largest absolute Gasteiger partial charge is 0.353 e. The summed E-state index contributed by atoms with van der Waals surface area (Å²) in [5.74, 6) is 0. The van der Waals surface area contributed by atoms with Gasteiger partial charge in [-0.15, -0.1) is 0 Å². The van der Waals surface area contributed by atoms with E-state index in [1.54, 1.807) is 0 Å². The standard InChI is InChI=1S/C45H29N5S/c51-28-46-44-27-39-35(31-17-9-3-10-18-31)25-41(49-39)40-23-33(29-13-5-1-6-14-29)37(47-40)21-22-38-34(30-15-7-2-8-16-30)24-42(48-38)43-26-36(45(44)50-43)32-19-11-4-12-20-32/h1-27,48-49H. The maximum Gasteiger partial charge on any atom is 0.102 e. The first-order valence-corrected chi connectivity index (χ1v) is 17.1. The van der Waals surface area contributed by atoms with Crippen LogP contribution >= 0.6 is 12.2 Å². The van der Waals surface area contributed by atoms with Crippen molar-refractivity contribution in [3.05, 3.63) is 186 Å². The van der Waals surface area contributed by atoms with E-state index in [0.29, 0.717) is 11.4 Å². The number of aromatic amines is 2. The second-order valence-electron chi connectivity index (χ2n) is 12.4. The van der Waals surface area contributed by atoms with E-state index < -0.39 is 0 Å². The minimum Gasteiger partial charge on any atom is -0.353 e. The molecule has 8 bridgehead atoms. The summed E-state index contributed by atoms with van der Waals surface area (Å²) in [7, 11) is 0. The third-order valence-electron chi connectivity index (χ3n) is 9.25. The monoisotopic (exact) mass is 671 g/mol. The van der Waals surface area contributed by atoms with E-state index >= 15 is 0 Å². The number of rotatable bonds is 5. The molecule has 3 aromatic heterocycles. The van der Waals surface area contributed by atoms with Gasteiger partial charge in [-0.25, -0.2) is 9.97 Å². The molecule has 9 rings (SSSR count). The van der Waals surface area contributed by atoms with E-state index in [-0.39, 0.29) is 0 Å². The molecule has 5 nitrogen and oxygen atoms in total. The number of benzene rings is 4. The molecule has 0 radical (unpaired) electrons. The van der Waals surface area contributed by atoms with Gasteiger partial charge in [-0.2, -0.15) is 4.99 Å². The Bertz CT molecular complexity index is 2720. The summed E-state index contributed by atoms with van der Waals surface area (Å²) in [6.45, 7) is 0. The van der Waals surface area contributed by atoms with Crippen LogP contribution in [-0.2, 0) is 0 Å². The Morgan fingerprint density at radius 3 is 1.55 bits per heavy atom. The van der Waals surface area contributed by atoms with Crippen LogP contribution in [0.15, 0.2) is 157 Å². The van der Waals surface area contributed by atoms with E-state index in [1.807, 2.05) is 54.6 Å². The number of isothiocyanates is 1. The third-order valence-corrected chi connectivity index (χ3v) is 9.34. The predicted octanol–water partition coefficient (Wildman–Crippen LogP) is 11.6. The van der Waals surface area contributed by atoms with Gasteiger partial charge in [0.1, 0.15) is 5.69 Å². The maximum absolute atomic E-state index is 5.26. The molecule has 2 aliphatic rings. The molecule has 240 valence electrons. The topological polar surface area (TPSA) is 69.7 Å². The first-order chi connectivity index (χ1) is 25.2. The molecule has 0 atom stereocenters. The van der Waals surface area contributed by atoms with Crippen molar-refractivity contribution in [2.24, 2.45) is 4.99 Å². The molecule has 6 heteroatoms. The number of nitrogens with zero attached hydrogens (tertiary/aromatic N) is 3. The zero-order chi connectivity index (χ0) is 34.1. The second-order valence-corrected chi connectivity index (χ2v) is 12.6. The Morgan fingerprint density at radius 1 is 0.471 bits per heavy atom. The minimum absolute atomic E-state index is 0.601. The van der Waals surface area contributed by atoms with Gasteiger partial charge >= 0.3 is 0 Å². The highest BCUT2D eigenvalue weighted by Gasteiger charge is 2.20. The van der Waals surface area contributed by atoms with E-state index in [4.69, 9.17) is 22.2 Å². The third kappa shape index (κ3) is 5.75. The molecule has 5 heterocycles. The SMILES string of the molecule is S=C=Nc1cc2[nH]c(cc2-c2ccccc2)c2nc(ccc3[nH]c(cc3-c3ccccc3)c3nc1C(c1ccccc1)=C3)C(c1ccccc1)=C2. The van der Waals surface area contributed by atoms with Crippen LogP contribution in [0.4, 0.5) is 5.69 Å². The van der Waals surface area contributed by atoms with Crippen molar-refractivity contribution < 1.29 is 0 Å². The summed E-state index contributed by atoms with van der Waals surface area (Å²) >= 11 is 5.24. The van der Waals surface area contributed by atoms with Crippen molar-refractivity contribution in [3.63, 3.8) is 0 Å². The van der Waals surface area contributed by atoms with Crippen LogP contribution in [0.1, 0.15) is 33.9 Å². The van der Waals surface area contributed by atoms with Gasteiger partial charge in [0.2, 0.25) is 0 Å². The molecule has 0 amide bonds. The molecule has 0 unspecified atom stereocenters. The van der Waals surface area contributed by atoms with Crippen molar-refractivity contribution in [1.82, 2.24) is 19.9 Å². The molecule has 0 fully saturated rings. The summed E-state index contributed by atoms with van der Waals surface area (Å²) in [5.41, 5.74) is 15.8. The number of aromatic nitrogens is 4. The fourth-order valence-electron chi connectivity index (χ4n) is 6.81. The predicted molar refractivity (Wildman–Crippen MR) is 213 cm³/mol. The number of nitrogens with one attached hydrogen (secondary N) is 2. The summed E-state index contributed by atoms with van der Waals surface area (Å²) in [6, 6.07) is 52.0. The zero-order valence-electron chi connectivity index (χ0n) is 27.3. The van der Waals surface area contributed by atoms with Crippen molar-refractivity contribution in [2.45, 2.75) is 0 Å². The lowest BCUT2D eigenvalue weighted by atomic mass is 10.0. The molecule has 0 aliphatic carbocycles. The molecular weight excluding hydrogens is 643 g/mol. The fourth-order valence-corrected chi connectivity index (χ4v) is 6.91. The van der Waals surface area contributed by atoms with Gasteiger partial charge in [0, 0.05) is 33.3 Å². The second kappa shape index (κ2) is 13.0. The molecule has 0 spiro atoms. The van der Waals surface area contributed by atoms with Crippen molar-refractivity contribution in [1.29, 1.82) is 0 Å². The number of aliphatic imine (C=N–C) groups is 1. The number of hydrogen-bond acceptors (Lipinski definition) is 4. The summed E-state index contributed by atoms with van der Waals surface area (Å²) in [6.07, 6.45) is 4.29. The van der Waals surface area contributed by atoms with Crippen molar-refractivity contribution in [2.75, 3.05) is 0 Å². The highest BCUT2D eigenvalue weighted by molar-refractivity contribution is 7.78. The summed E-state index contributed by atoms with van der Waals surface area (Å²) in [5, 5.41) is 2.64. The number of fused-ring (bicyclic) bond motifs is 10. The van der Waals surface area contributed by atoms with Gasteiger partial charge in [0.15, 0.2) is 0 Å². The van der Waals surface area contributed by atoms with E-state index in [1.165, 1.54) is 0 Å². The Balaban J connectivity index is 1.43. The highest BCUT2D eigenvalue weighted by Crippen LogP contribution is 2.39. The molecule has 0 saturated heterocycles. The highest BCUT2D eigenvalue weighted by atomic mass is 32.1. The first-order valence-electron chi connectivity index (χ1n) is 16.7. The van der Waals surface area contributed by atoms with Crippen LogP contribution in [0.5, 0.6) is 0 Å². The lowest BCUT2D eigenvalue weighted by Gasteiger charge is -2.04. The average Bonchev–Trinajstić information content (AvgIpc) is 4.00. The summed E-state index contributed by atoms with van der Waals surface area (Å²) in [4.78, 5) is 22.5. The number of H-pyrrole nitrogens is 2.